The second kappa shape index (κ2) is 3.99. The number of imidazole rings is 1. The third-order valence-corrected chi connectivity index (χ3v) is 4.02. The Bertz CT molecular complexity index is 812. The van der Waals surface area contributed by atoms with Crippen molar-refractivity contribution in [3.05, 3.63) is 29.4 Å². The summed E-state index contributed by atoms with van der Waals surface area (Å²) in [4.78, 5) is 4.72. The standard InChI is InChI=1S/C14H14ClN5/c1-19-13(16)10(7-17-19)14-18-11-6-8(15)2-5-12(11)20(14)9-3-4-9/h2,5-7,9H,3-4,16H2,1H3. The number of nitrogens with two attached hydrogens (primary N) is 1. The molecule has 5 nitrogen and oxygen atoms in total. The lowest BCUT2D eigenvalue weighted by atomic mass is 10.3. The van der Waals surface area contributed by atoms with Crippen molar-refractivity contribution in [1.29, 1.82) is 0 Å². The Morgan fingerprint density at radius 1 is 1.35 bits per heavy atom. The minimum absolute atomic E-state index is 0.510. The molecule has 1 fully saturated rings. The molecule has 20 heavy (non-hydrogen) atoms. The van der Waals surface area contributed by atoms with Gasteiger partial charge in [-0.1, -0.05) is 11.6 Å². The van der Waals surface area contributed by atoms with Crippen molar-refractivity contribution in [2.24, 2.45) is 7.05 Å². The molecule has 0 amide bonds. The van der Waals surface area contributed by atoms with Gasteiger partial charge in [-0.05, 0) is 31.0 Å². The number of fused-ring (bicyclic) bond motifs is 1. The Balaban J connectivity index is 2.03. The van der Waals surface area contributed by atoms with E-state index in [1.807, 2.05) is 25.2 Å². The summed E-state index contributed by atoms with van der Waals surface area (Å²) in [5.41, 5.74) is 8.99. The lowest BCUT2D eigenvalue weighted by Crippen LogP contribution is -2.01. The average molecular weight is 288 g/mol. The molecule has 2 heterocycles. The van der Waals surface area contributed by atoms with Crippen LogP contribution in [0.3, 0.4) is 0 Å². The summed E-state index contributed by atoms with van der Waals surface area (Å²) >= 11 is 6.07. The average Bonchev–Trinajstić information content (AvgIpc) is 3.12. The number of nitrogen functional groups attached to an aromatic ring is 1. The topological polar surface area (TPSA) is 61.7 Å². The number of hydrogen-bond acceptors (Lipinski definition) is 3. The van der Waals surface area contributed by atoms with Crippen LogP contribution in [0.15, 0.2) is 24.4 Å². The maximum atomic E-state index is 6.10. The molecular weight excluding hydrogens is 274 g/mol. The smallest absolute Gasteiger partial charge is 0.146 e. The van der Waals surface area contributed by atoms with Crippen molar-refractivity contribution in [3.63, 3.8) is 0 Å². The minimum atomic E-state index is 0.510. The number of aromatic nitrogens is 4. The third kappa shape index (κ3) is 1.63. The number of anilines is 1. The predicted octanol–water partition coefficient (Wildman–Crippen LogP) is 3.01. The summed E-state index contributed by atoms with van der Waals surface area (Å²) in [6.45, 7) is 0. The van der Waals surface area contributed by atoms with Crippen LogP contribution in [0.4, 0.5) is 5.82 Å². The molecule has 0 unspecified atom stereocenters. The Morgan fingerprint density at radius 3 is 2.80 bits per heavy atom. The number of aryl methyl sites for hydroxylation is 1. The maximum absolute atomic E-state index is 6.10. The number of benzene rings is 1. The van der Waals surface area contributed by atoms with Gasteiger partial charge in [-0.15, -0.1) is 0 Å². The first kappa shape index (κ1) is 11.8. The molecule has 0 spiro atoms. The molecule has 102 valence electrons. The third-order valence-electron chi connectivity index (χ3n) is 3.79. The molecule has 1 aliphatic carbocycles. The summed E-state index contributed by atoms with van der Waals surface area (Å²) in [7, 11) is 1.83. The normalized spacial score (nSPS) is 15.1. The molecular formula is C14H14ClN5. The molecule has 4 rings (SSSR count). The molecule has 1 aromatic carbocycles. The van der Waals surface area contributed by atoms with Gasteiger partial charge in [0, 0.05) is 18.1 Å². The highest BCUT2D eigenvalue weighted by Gasteiger charge is 2.29. The van der Waals surface area contributed by atoms with Gasteiger partial charge in [0.15, 0.2) is 0 Å². The Labute approximate surface area is 121 Å². The maximum Gasteiger partial charge on any atom is 0.146 e. The van der Waals surface area contributed by atoms with E-state index in [0.717, 1.165) is 22.4 Å². The van der Waals surface area contributed by atoms with Gasteiger partial charge in [0.2, 0.25) is 0 Å². The SMILES string of the molecule is Cn1ncc(-c2nc3cc(Cl)ccc3n2C2CC2)c1N. The fourth-order valence-electron chi connectivity index (χ4n) is 2.58. The van der Waals surface area contributed by atoms with Crippen molar-refractivity contribution in [2.45, 2.75) is 18.9 Å². The molecule has 3 aromatic rings. The van der Waals surface area contributed by atoms with Gasteiger partial charge in [-0.25, -0.2) is 4.98 Å². The summed E-state index contributed by atoms with van der Waals surface area (Å²) in [5, 5.41) is 4.91. The van der Waals surface area contributed by atoms with E-state index in [2.05, 4.69) is 9.67 Å². The van der Waals surface area contributed by atoms with Crippen LogP contribution in [-0.2, 0) is 7.05 Å². The van der Waals surface area contributed by atoms with Crippen molar-refractivity contribution in [1.82, 2.24) is 19.3 Å². The van der Waals surface area contributed by atoms with Crippen LogP contribution < -0.4 is 5.73 Å². The van der Waals surface area contributed by atoms with Crippen molar-refractivity contribution < 1.29 is 0 Å². The van der Waals surface area contributed by atoms with E-state index in [-0.39, 0.29) is 0 Å². The number of rotatable bonds is 2. The molecule has 6 heteroatoms. The molecule has 0 bridgehead atoms. The van der Waals surface area contributed by atoms with Crippen LogP contribution in [-0.4, -0.2) is 19.3 Å². The first-order valence-corrected chi connectivity index (χ1v) is 6.98. The molecule has 0 atom stereocenters. The molecule has 1 saturated carbocycles. The van der Waals surface area contributed by atoms with Crippen LogP contribution >= 0.6 is 11.6 Å². The van der Waals surface area contributed by atoms with Gasteiger partial charge in [0.05, 0.1) is 22.8 Å². The van der Waals surface area contributed by atoms with E-state index >= 15 is 0 Å². The lowest BCUT2D eigenvalue weighted by molar-refractivity contribution is 0.773. The van der Waals surface area contributed by atoms with Crippen molar-refractivity contribution in [3.8, 4) is 11.4 Å². The van der Waals surface area contributed by atoms with Crippen LogP contribution in [0.1, 0.15) is 18.9 Å². The van der Waals surface area contributed by atoms with Gasteiger partial charge in [0.25, 0.3) is 0 Å². The number of halogens is 1. The van der Waals surface area contributed by atoms with Crippen LogP contribution in [0.25, 0.3) is 22.4 Å². The predicted molar refractivity (Wildman–Crippen MR) is 79.6 cm³/mol. The fraction of sp³-hybridized carbons (Fsp3) is 0.286. The Kier molecular flexibility index (Phi) is 2.35. The lowest BCUT2D eigenvalue weighted by Gasteiger charge is -2.07. The number of nitrogens with zero attached hydrogens (tertiary/aromatic N) is 4. The van der Waals surface area contributed by atoms with Gasteiger partial charge in [0.1, 0.15) is 11.6 Å². The number of hydrogen-bond donors (Lipinski definition) is 1. The first-order valence-electron chi connectivity index (χ1n) is 6.60. The summed E-state index contributed by atoms with van der Waals surface area (Å²) in [5.74, 6) is 1.52. The highest BCUT2D eigenvalue weighted by Crippen LogP contribution is 2.42. The van der Waals surface area contributed by atoms with Crippen LogP contribution in [0, 0.1) is 0 Å². The Hall–Kier alpha value is -2.01. The fourth-order valence-corrected chi connectivity index (χ4v) is 2.75. The van der Waals surface area contributed by atoms with E-state index in [0.29, 0.717) is 16.9 Å². The zero-order chi connectivity index (χ0) is 13.9. The second-order valence-corrected chi connectivity index (χ2v) is 5.67. The van der Waals surface area contributed by atoms with E-state index < -0.39 is 0 Å². The first-order chi connectivity index (χ1) is 9.65. The van der Waals surface area contributed by atoms with Crippen LogP contribution in [0.2, 0.25) is 5.02 Å². The Morgan fingerprint density at radius 2 is 2.15 bits per heavy atom. The monoisotopic (exact) mass is 287 g/mol. The van der Waals surface area contributed by atoms with E-state index in [1.54, 1.807) is 10.9 Å². The molecule has 0 saturated heterocycles. The van der Waals surface area contributed by atoms with Crippen LogP contribution in [0.5, 0.6) is 0 Å². The van der Waals surface area contributed by atoms with Gasteiger partial charge in [-0.3, -0.25) is 4.68 Å². The minimum Gasteiger partial charge on any atom is -0.383 e. The van der Waals surface area contributed by atoms with E-state index in [1.165, 1.54) is 12.8 Å². The summed E-state index contributed by atoms with van der Waals surface area (Å²) in [6, 6.07) is 6.34. The second-order valence-electron chi connectivity index (χ2n) is 5.24. The molecule has 0 aliphatic heterocycles. The van der Waals surface area contributed by atoms with E-state index in [9.17, 15) is 0 Å². The van der Waals surface area contributed by atoms with Crippen molar-refractivity contribution >= 4 is 28.5 Å². The molecule has 2 aromatic heterocycles. The highest BCUT2D eigenvalue weighted by molar-refractivity contribution is 6.31. The quantitative estimate of drug-likeness (QED) is 0.788. The molecule has 2 N–H and O–H groups in total. The zero-order valence-corrected chi connectivity index (χ0v) is 11.8. The molecule has 1 aliphatic rings. The van der Waals surface area contributed by atoms with Gasteiger partial charge < -0.3 is 10.3 Å². The summed E-state index contributed by atoms with van der Waals surface area (Å²) in [6.07, 6.45) is 4.14. The van der Waals surface area contributed by atoms with E-state index in [4.69, 9.17) is 22.3 Å². The van der Waals surface area contributed by atoms with Gasteiger partial charge >= 0.3 is 0 Å². The largest absolute Gasteiger partial charge is 0.383 e. The molecule has 0 radical (unpaired) electrons. The van der Waals surface area contributed by atoms with Gasteiger partial charge in [-0.2, -0.15) is 5.10 Å². The van der Waals surface area contributed by atoms with Crippen molar-refractivity contribution in [2.75, 3.05) is 5.73 Å². The highest BCUT2D eigenvalue weighted by atomic mass is 35.5. The zero-order valence-electron chi connectivity index (χ0n) is 11.0. The summed E-state index contributed by atoms with van der Waals surface area (Å²) < 4.78 is 3.93.